The Balaban J connectivity index is 2.06. The molecular weight excluding hydrogens is 126 g/mol. The predicted molar refractivity (Wildman–Crippen MR) is 39.7 cm³/mol. The van der Waals surface area contributed by atoms with Gasteiger partial charge in [-0.05, 0) is 43.7 Å². The molecule has 10 heavy (non-hydrogen) atoms. The first-order valence-electron chi connectivity index (χ1n) is 4.23. The summed E-state index contributed by atoms with van der Waals surface area (Å²) in [6.45, 7) is 2.69. The summed E-state index contributed by atoms with van der Waals surface area (Å²) in [6.07, 6.45) is 2.67. The SMILES string of the molecule is OCC1[C@H]2CC[C@H]1CNC2. The Morgan fingerprint density at radius 3 is 2.20 bits per heavy atom. The molecule has 2 rings (SSSR count). The van der Waals surface area contributed by atoms with E-state index in [1.165, 1.54) is 12.8 Å². The van der Waals surface area contributed by atoms with Crippen molar-refractivity contribution in [2.45, 2.75) is 12.8 Å². The summed E-state index contributed by atoms with van der Waals surface area (Å²) >= 11 is 0. The Morgan fingerprint density at radius 2 is 1.80 bits per heavy atom. The summed E-state index contributed by atoms with van der Waals surface area (Å²) in [6, 6.07) is 0. The molecule has 2 fully saturated rings. The highest BCUT2D eigenvalue weighted by Gasteiger charge is 2.37. The second-order valence-corrected chi connectivity index (χ2v) is 3.60. The number of piperidine rings is 1. The average Bonchev–Trinajstić information content (AvgIpc) is 2.19. The smallest absolute Gasteiger partial charge is 0.0465 e. The summed E-state index contributed by atoms with van der Waals surface area (Å²) in [4.78, 5) is 0. The molecule has 2 N–H and O–H groups in total. The van der Waals surface area contributed by atoms with Gasteiger partial charge in [-0.1, -0.05) is 0 Å². The van der Waals surface area contributed by atoms with Crippen molar-refractivity contribution in [2.75, 3.05) is 19.7 Å². The van der Waals surface area contributed by atoms with Crippen molar-refractivity contribution in [3.8, 4) is 0 Å². The fourth-order valence-electron chi connectivity index (χ4n) is 2.50. The Kier molecular flexibility index (Phi) is 1.66. The first kappa shape index (κ1) is 6.62. The maximum Gasteiger partial charge on any atom is 0.0465 e. The first-order valence-corrected chi connectivity index (χ1v) is 4.23. The van der Waals surface area contributed by atoms with Crippen LogP contribution in [0.5, 0.6) is 0 Å². The molecule has 0 radical (unpaired) electrons. The second kappa shape index (κ2) is 2.51. The van der Waals surface area contributed by atoms with Crippen molar-refractivity contribution < 1.29 is 5.11 Å². The molecule has 1 aliphatic carbocycles. The number of aliphatic hydroxyl groups excluding tert-OH is 1. The molecule has 2 bridgehead atoms. The van der Waals surface area contributed by atoms with Crippen LogP contribution in [0.25, 0.3) is 0 Å². The maximum absolute atomic E-state index is 9.04. The third-order valence-electron chi connectivity index (χ3n) is 3.14. The highest BCUT2D eigenvalue weighted by atomic mass is 16.3. The van der Waals surface area contributed by atoms with Crippen LogP contribution in [0.3, 0.4) is 0 Å². The minimum absolute atomic E-state index is 0.414. The number of aliphatic hydroxyl groups is 1. The van der Waals surface area contributed by atoms with Gasteiger partial charge in [0.05, 0.1) is 0 Å². The minimum atomic E-state index is 0.414. The van der Waals surface area contributed by atoms with Crippen molar-refractivity contribution in [3.05, 3.63) is 0 Å². The van der Waals surface area contributed by atoms with E-state index < -0.39 is 0 Å². The van der Waals surface area contributed by atoms with E-state index in [0.717, 1.165) is 24.9 Å². The molecule has 2 atom stereocenters. The third kappa shape index (κ3) is 0.867. The fraction of sp³-hybridized carbons (Fsp3) is 1.00. The van der Waals surface area contributed by atoms with Crippen LogP contribution in [0, 0.1) is 17.8 Å². The molecule has 1 saturated heterocycles. The van der Waals surface area contributed by atoms with E-state index in [1.54, 1.807) is 0 Å². The third-order valence-corrected chi connectivity index (χ3v) is 3.14. The zero-order valence-corrected chi connectivity index (χ0v) is 6.21. The van der Waals surface area contributed by atoms with Crippen LogP contribution >= 0.6 is 0 Å². The van der Waals surface area contributed by atoms with Crippen LogP contribution < -0.4 is 5.32 Å². The topological polar surface area (TPSA) is 32.3 Å². The lowest BCUT2D eigenvalue weighted by Gasteiger charge is -2.28. The summed E-state index contributed by atoms with van der Waals surface area (Å²) < 4.78 is 0. The molecule has 0 aromatic heterocycles. The lowest BCUT2D eigenvalue weighted by molar-refractivity contribution is 0.136. The van der Waals surface area contributed by atoms with Gasteiger partial charge in [-0.15, -0.1) is 0 Å². The number of nitrogens with one attached hydrogen (secondary N) is 1. The molecule has 1 aliphatic heterocycles. The zero-order valence-electron chi connectivity index (χ0n) is 6.21. The Bertz CT molecular complexity index is 110. The number of rotatable bonds is 1. The summed E-state index contributed by atoms with van der Waals surface area (Å²) in [5.41, 5.74) is 0. The second-order valence-electron chi connectivity index (χ2n) is 3.60. The molecule has 58 valence electrons. The van der Waals surface area contributed by atoms with Crippen molar-refractivity contribution >= 4 is 0 Å². The van der Waals surface area contributed by atoms with Gasteiger partial charge in [0.1, 0.15) is 0 Å². The van der Waals surface area contributed by atoms with Gasteiger partial charge in [-0.3, -0.25) is 0 Å². The molecule has 2 aliphatic rings. The van der Waals surface area contributed by atoms with E-state index in [9.17, 15) is 0 Å². The molecule has 1 saturated carbocycles. The predicted octanol–water partition coefficient (Wildman–Crippen LogP) is 0.224. The Morgan fingerprint density at radius 1 is 1.20 bits per heavy atom. The van der Waals surface area contributed by atoms with Crippen molar-refractivity contribution in [1.82, 2.24) is 5.32 Å². The molecule has 2 nitrogen and oxygen atoms in total. The van der Waals surface area contributed by atoms with Crippen LogP contribution in [-0.2, 0) is 0 Å². The minimum Gasteiger partial charge on any atom is -0.396 e. The average molecular weight is 141 g/mol. The Labute approximate surface area is 61.6 Å². The van der Waals surface area contributed by atoms with Crippen molar-refractivity contribution in [1.29, 1.82) is 0 Å². The van der Waals surface area contributed by atoms with Gasteiger partial charge < -0.3 is 10.4 Å². The molecule has 0 amide bonds. The molecule has 0 unspecified atom stereocenters. The molecule has 0 aromatic carbocycles. The lowest BCUT2D eigenvalue weighted by Crippen LogP contribution is -2.39. The number of hydrogen-bond acceptors (Lipinski definition) is 2. The van der Waals surface area contributed by atoms with Gasteiger partial charge in [0, 0.05) is 6.61 Å². The standard InChI is InChI=1S/C8H15NO/c10-5-8-6-1-2-7(8)4-9-3-6/h6-10H,1-5H2/t6-,7-/m0/s1. The zero-order chi connectivity index (χ0) is 6.97. The van der Waals surface area contributed by atoms with Crippen LogP contribution in [-0.4, -0.2) is 24.8 Å². The van der Waals surface area contributed by atoms with Crippen LogP contribution in [0.1, 0.15) is 12.8 Å². The van der Waals surface area contributed by atoms with E-state index in [4.69, 9.17) is 5.11 Å². The largest absolute Gasteiger partial charge is 0.396 e. The quantitative estimate of drug-likeness (QED) is 0.547. The molecule has 2 heteroatoms. The summed E-state index contributed by atoms with van der Waals surface area (Å²) in [5.74, 6) is 2.19. The lowest BCUT2D eigenvalue weighted by atomic mass is 9.87. The van der Waals surface area contributed by atoms with Gasteiger partial charge in [-0.25, -0.2) is 0 Å². The van der Waals surface area contributed by atoms with E-state index in [2.05, 4.69) is 5.32 Å². The summed E-state index contributed by atoms with van der Waals surface area (Å²) in [7, 11) is 0. The van der Waals surface area contributed by atoms with Crippen LogP contribution in [0.2, 0.25) is 0 Å². The van der Waals surface area contributed by atoms with Crippen LogP contribution in [0.15, 0.2) is 0 Å². The van der Waals surface area contributed by atoms with Crippen molar-refractivity contribution in [3.63, 3.8) is 0 Å². The maximum atomic E-state index is 9.04. The van der Waals surface area contributed by atoms with Gasteiger partial charge in [-0.2, -0.15) is 0 Å². The first-order chi connectivity index (χ1) is 4.92. The number of fused-ring (bicyclic) bond motifs is 2. The van der Waals surface area contributed by atoms with Crippen molar-refractivity contribution in [2.24, 2.45) is 17.8 Å². The van der Waals surface area contributed by atoms with E-state index in [0.29, 0.717) is 12.5 Å². The number of hydrogen-bond donors (Lipinski definition) is 2. The molecule has 0 aromatic rings. The van der Waals surface area contributed by atoms with E-state index in [1.807, 2.05) is 0 Å². The van der Waals surface area contributed by atoms with Gasteiger partial charge >= 0.3 is 0 Å². The van der Waals surface area contributed by atoms with E-state index in [-0.39, 0.29) is 0 Å². The Hall–Kier alpha value is -0.0800. The highest BCUT2D eigenvalue weighted by molar-refractivity contribution is 4.90. The molecular formula is C8H15NO. The van der Waals surface area contributed by atoms with Gasteiger partial charge in [0.15, 0.2) is 0 Å². The molecule has 0 spiro atoms. The van der Waals surface area contributed by atoms with Gasteiger partial charge in [0.2, 0.25) is 0 Å². The molecule has 1 heterocycles. The highest BCUT2D eigenvalue weighted by Crippen LogP contribution is 2.38. The van der Waals surface area contributed by atoms with Crippen LogP contribution in [0.4, 0.5) is 0 Å². The van der Waals surface area contributed by atoms with Gasteiger partial charge in [0.25, 0.3) is 0 Å². The monoisotopic (exact) mass is 141 g/mol. The summed E-state index contributed by atoms with van der Waals surface area (Å²) in [5, 5.41) is 12.4. The van der Waals surface area contributed by atoms with E-state index >= 15 is 0 Å². The fourth-order valence-corrected chi connectivity index (χ4v) is 2.50. The normalized spacial score (nSPS) is 45.9.